The minimum Gasteiger partial charge on any atom is -0.481 e. The number of carbonyl (C=O) groups is 1. The molecule has 1 heterocycles. The zero-order chi connectivity index (χ0) is 10.7. The van der Waals surface area contributed by atoms with E-state index in [1.54, 1.807) is 0 Å². The lowest BCUT2D eigenvalue weighted by Gasteiger charge is -2.13. The molecule has 1 atom stereocenters. The maximum absolute atomic E-state index is 10.5. The van der Waals surface area contributed by atoms with Crippen LogP contribution >= 0.6 is 0 Å². The van der Waals surface area contributed by atoms with E-state index in [0.29, 0.717) is 0 Å². The maximum Gasteiger partial charge on any atom is 0.303 e. The van der Waals surface area contributed by atoms with E-state index < -0.39 is 5.97 Å². The fourth-order valence-electron chi connectivity index (χ4n) is 1.66. The molecule has 1 aromatic rings. The van der Waals surface area contributed by atoms with Gasteiger partial charge < -0.3 is 9.67 Å². The molecule has 0 spiro atoms. The molecule has 0 aliphatic heterocycles. The van der Waals surface area contributed by atoms with Crippen LogP contribution in [0.15, 0.2) is 12.1 Å². The Balaban J connectivity index is 2.64. The van der Waals surface area contributed by atoms with Gasteiger partial charge in [-0.25, -0.2) is 0 Å². The van der Waals surface area contributed by atoms with Crippen molar-refractivity contribution in [3.05, 3.63) is 23.5 Å². The maximum atomic E-state index is 10.5. The van der Waals surface area contributed by atoms with Crippen molar-refractivity contribution in [2.24, 2.45) is 5.92 Å². The van der Waals surface area contributed by atoms with Gasteiger partial charge in [-0.05, 0) is 31.9 Å². The Morgan fingerprint density at radius 1 is 1.43 bits per heavy atom. The number of rotatable bonds is 4. The van der Waals surface area contributed by atoms with Gasteiger partial charge in [-0.2, -0.15) is 0 Å². The first-order chi connectivity index (χ1) is 6.50. The average Bonchev–Trinajstić information content (AvgIpc) is 2.34. The molecule has 0 aliphatic rings. The van der Waals surface area contributed by atoms with E-state index in [9.17, 15) is 4.79 Å². The minimum absolute atomic E-state index is 0.178. The van der Waals surface area contributed by atoms with E-state index in [1.807, 2.05) is 20.8 Å². The second-order valence-electron chi connectivity index (χ2n) is 3.93. The highest BCUT2D eigenvalue weighted by Gasteiger charge is 2.10. The molecule has 78 valence electrons. The van der Waals surface area contributed by atoms with Crippen LogP contribution in [0.4, 0.5) is 0 Å². The monoisotopic (exact) mass is 195 g/mol. The highest BCUT2D eigenvalue weighted by Crippen LogP contribution is 2.12. The predicted octanol–water partition coefficient (Wildman–Crippen LogP) is 2.22. The van der Waals surface area contributed by atoms with Crippen LogP contribution in [0.2, 0.25) is 0 Å². The Bertz CT molecular complexity index is 309. The normalized spacial score (nSPS) is 12.8. The van der Waals surface area contributed by atoms with Gasteiger partial charge in [0.2, 0.25) is 0 Å². The Kier molecular flexibility index (Phi) is 3.33. The van der Waals surface area contributed by atoms with Gasteiger partial charge in [0, 0.05) is 24.4 Å². The minimum atomic E-state index is -0.722. The Morgan fingerprint density at radius 2 is 1.93 bits per heavy atom. The fraction of sp³-hybridized carbons (Fsp3) is 0.545. The van der Waals surface area contributed by atoms with Crippen LogP contribution in [0.1, 0.15) is 24.7 Å². The van der Waals surface area contributed by atoms with E-state index in [-0.39, 0.29) is 12.3 Å². The van der Waals surface area contributed by atoms with Crippen molar-refractivity contribution < 1.29 is 9.90 Å². The largest absolute Gasteiger partial charge is 0.481 e. The molecule has 1 aromatic heterocycles. The number of nitrogens with zero attached hydrogens (tertiary/aromatic N) is 1. The zero-order valence-corrected chi connectivity index (χ0v) is 8.95. The lowest BCUT2D eigenvalue weighted by atomic mass is 10.1. The summed E-state index contributed by atoms with van der Waals surface area (Å²) >= 11 is 0. The summed E-state index contributed by atoms with van der Waals surface area (Å²) in [5, 5.41) is 8.64. The SMILES string of the molecule is Cc1ccc(C)n1CC(C)CC(=O)O. The van der Waals surface area contributed by atoms with E-state index >= 15 is 0 Å². The van der Waals surface area contributed by atoms with Crippen molar-refractivity contribution >= 4 is 5.97 Å². The molecule has 0 bridgehead atoms. The van der Waals surface area contributed by atoms with Crippen LogP contribution < -0.4 is 0 Å². The number of aryl methyl sites for hydroxylation is 2. The topological polar surface area (TPSA) is 42.2 Å². The van der Waals surface area contributed by atoms with Crippen LogP contribution in [-0.2, 0) is 11.3 Å². The fourth-order valence-corrected chi connectivity index (χ4v) is 1.66. The summed E-state index contributed by atoms with van der Waals surface area (Å²) in [6.07, 6.45) is 0.233. The van der Waals surface area contributed by atoms with E-state index in [2.05, 4.69) is 16.7 Å². The van der Waals surface area contributed by atoms with Crippen molar-refractivity contribution in [1.29, 1.82) is 0 Å². The van der Waals surface area contributed by atoms with Crippen LogP contribution in [0, 0.1) is 19.8 Å². The van der Waals surface area contributed by atoms with Crippen molar-refractivity contribution in [2.45, 2.75) is 33.7 Å². The van der Waals surface area contributed by atoms with Crippen LogP contribution in [0.3, 0.4) is 0 Å². The van der Waals surface area contributed by atoms with Gasteiger partial charge in [0.05, 0.1) is 0 Å². The van der Waals surface area contributed by atoms with Crippen LogP contribution in [0.5, 0.6) is 0 Å². The first kappa shape index (κ1) is 10.8. The molecule has 3 heteroatoms. The van der Waals surface area contributed by atoms with Gasteiger partial charge >= 0.3 is 5.97 Å². The Hall–Kier alpha value is -1.25. The summed E-state index contributed by atoms with van der Waals surface area (Å²) in [5.74, 6) is -0.544. The molecule has 1 unspecified atom stereocenters. The summed E-state index contributed by atoms with van der Waals surface area (Å²) < 4.78 is 2.16. The van der Waals surface area contributed by atoms with Crippen LogP contribution in [0.25, 0.3) is 0 Å². The molecule has 0 aliphatic carbocycles. The van der Waals surface area contributed by atoms with Gasteiger partial charge in [0.1, 0.15) is 0 Å². The smallest absolute Gasteiger partial charge is 0.303 e. The van der Waals surface area contributed by atoms with Crippen molar-refractivity contribution in [2.75, 3.05) is 0 Å². The van der Waals surface area contributed by atoms with Gasteiger partial charge in [-0.15, -0.1) is 0 Å². The first-order valence-corrected chi connectivity index (χ1v) is 4.85. The quantitative estimate of drug-likeness (QED) is 0.800. The number of carboxylic acids is 1. The molecular formula is C11H17NO2. The predicted molar refractivity (Wildman–Crippen MR) is 55.3 cm³/mol. The van der Waals surface area contributed by atoms with E-state index in [0.717, 1.165) is 6.54 Å². The number of carboxylic acid groups (broad SMARTS) is 1. The molecular weight excluding hydrogens is 178 g/mol. The molecule has 14 heavy (non-hydrogen) atoms. The van der Waals surface area contributed by atoms with Crippen molar-refractivity contribution in [3.63, 3.8) is 0 Å². The third kappa shape index (κ3) is 2.62. The molecule has 0 aromatic carbocycles. The van der Waals surface area contributed by atoms with Crippen LogP contribution in [-0.4, -0.2) is 15.6 Å². The Labute approximate surface area is 84.4 Å². The number of hydrogen-bond acceptors (Lipinski definition) is 1. The molecule has 0 saturated heterocycles. The van der Waals surface area contributed by atoms with Crippen molar-refractivity contribution in [3.8, 4) is 0 Å². The molecule has 0 radical (unpaired) electrons. The van der Waals surface area contributed by atoms with Gasteiger partial charge in [-0.3, -0.25) is 4.79 Å². The molecule has 0 amide bonds. The zero-order valence-electron chi connectivity index (χ0n) is 8.95. The summed E-state index contributed by atoms with van der Waals surface area (Å²) in [6.45, 7) is 6.84. The van der Waals surface area contributed by atoms with Crippen molar-refractivity contribution in [1.82, 2.24) is 4.57 Å². The third-order valence-corrected chi connectivity index (χ3v) is 2.43. The summed E-state index contributed by atoms with van der Waals surface area (Å²) in [5.41, 5.74) is 2.39. The molecule has 1 N–H and O–H groups in total. The summed E-state index contributed by atoms with van der Waals surface area (Å²) in [6, 6.07) is 4.12. The second-order valence-corrected chi connectivity index (χ2v) is 3.93. The molecule has 0 saturated carbocycles. The second kappa shape index (κ2) is 4.31. The van der Waals surface area contributed by atoms with E-state index in [1.165, 1.54) is 11.4 Å². The lowest BCUT2D eigenvalue weighted by molar-refractivity contribution is -0.138. The number of hydrogen-bond donors (Lipinski definition) is 1. The lowest BCUT2D eigenvalue weighted by Crippen LogP contribution is -2.13. The highest BCUT2D eigenvalue weighted by atomic mass is 16.4. The summed E-state index contributed by atoms with van der Waals surface area (Å²) in [4.78, 5) is 10.5. The van der Waals surface area contributed by atoms with Gasteiger partial charge in [0.15, 0.2) is 0 Å². The number of aliphatic carboxylic acids is 1. The molecule has 1 rings (SSSR count). The Morgan fingerprint density at radius 3 is 2.36 bits per heavy atom. The highest BCUT2D eigenvalue weighted by molar-refractivity contribution is 5.66. The summed E-state index contributed by atoms with van der Waals surface area (Å²) in [7, 11) is 0. The standard InChI is InChI=1S/C11H17NO2/c1-8(6-11(13)14)7-12-9(2)4-5-10(12)3/h4-5,8H,6-7H2,1-3H3,(H,13,14). The third-order valence-electron chi connectivity index (χ3n) is 2.43. The van der Waals surface area contributed by atoms with Gasteiger partial charge in [0.25, 0.3) is 0 Å². The first-order valence-electron chi connectivity index (χ1n) is 4.85. The number of aromatic nitrogens is 1. The van der Waals surface area contributed by atoms with Gasteiger partial charge in [-0.1, -0.05) is 6.92 Å². The molecule has 0 fully saturated rings. The van der Waals surface area contributed by atoms with E-state index in [4.69, 9.17) is 5.11 Å². The average molecular weight is 195 g/mol. The molecule has 3 nitrogen and oxygen atoms in total.